The molecule has 0 aliphatic carbocycles. The first-order chi connectivity index (χ1) is 6.96. The van der Waals surface area contributed by atoms with Crippen LogP contribution in [0.15, 0.2) is 0 Å². The molecule has 0 aromatic heterocycles. The highest BCUT2D eigenvalue weighted by molar-refractivity contribution is 5.84. The van der Waals surface area contributed by atoms with E-state index in [2.05, 4.69) is 12.2 Å². The van der Waals surface area contributed by atoms with Crippen molar-refractivity contribution in [1.29, 1.82) is 0 Å². The Hall–Kier alpha value is -0.610. The second kappa shape index (κ2) is 6.80. The number of primary amides is 1. The molecule has 0 saturated carbocycles. The Morgan fingerprint density at radius 1 is 1.53 bits per heavy atom. The molecule has 0 heterocycles. The molecule has 90 valence electrons. The van der Waals surface area contributed by atoms with Crippen LogP contribution in [0.25, 0.3) is 0 Å². The van der Waals surface area contributed by atoms with Crippen molar-refractivity contribution in [2.75, 3.05) is 13.2 Å². The first kappa shape index (κ1) is 14.4. The minimum absolute atomic E-state index is 0.0431. The molecule has 0 radical (unpaired) electrons. The lowest BCUT2D eigenvalue weighted by molar-refractivity contribution is -0.125. The molecule has 0 rings (SSSR count). The van der Waals surface area contributed by atoms with Gasteiger partial charge in [-0.25, -0.2) is 0 Å². The van der Waals surface area contributed by atoms with E-state index in [9.17, 15) is 4.79 Å². The van der Waals surface area contributed by atoms with Crippen molar-refractivity contribution in [3.63, 3.8) is 0 Å². The van der Waals surface area contributed by atoms with E-state index in [0.29, 0.717) is 6.42 Å². The number of hydrogen-bond acceptors (Lipinski definition) is 3. The predicted octanol–water partition coefficient (Wildman–Crippen LogP) is 1.05. The second-order valence-corrected chi connectivity index (χ2v) is 4.11. The van der Waals surface area contributed by atoms with E-state index in [0.717, 1.165) is 19.6 Å². The van der Waals surface area contributed by atoms with Crippen LogP contribution in [0.1, 0.15) is 40.5 Å². The fourth-order valence-corrected chi connectivity index (χ4v) is 1.60. The summed E-state index contributed by atoms with van der Waals surface area (Å²) in [4.78, 5) is 11.3. The van der Waals surface area contributed by atoms with Crippen LogP contribution in [0.2, 0.25) is 0 Å². The van der Waals surface area contributed by atoms with Crippen LogP contribution in [-0.2, 0) is 9.53 Å². The zero-order valence-corrected chi connectivity index (χ0v) is 10.3. The fourth-order valence-electron chi connectivity index (χ4n) is 1.60. The first-order valence-electron chi connectivity index (χ1n) is 5.62. The van der Waals surface area contributed by atoms with Crippen LogP contribution in [0.3, 0.4) is 0 Å². The maximum Gasteiger partial charge on any atom is 0.237 e. The highest BCUT2D eigenvalue weighted by Gasteiger charge is 2.31. The van der Waals surface area contributed by atoms with Gasteiger partial charge in [-0.3, -0.25) is 4.79 Å². The van der Waals surface area contributed by atoms with Crippen molar-refractivity contribution in [3.8, 4) is 0 Å². The fraction of sp³-hybridized carbons (Fsp3) is 0.909. The maximum absolute atomic E-state index is 11.3. The summed E-state index contributed by atoms with van der Waals surface area (Å²) in [5.41, 5.74) is 4.71. The Labute approximate surface area is 92.6 Å². The number of amides is 1. The van der Waals surface area contributed by atoms with Gasteiger partial charge in [0.25, 0.3) is 0 Å². The number of hydrogen-bond donors (Lipinski definition) is 2. The summed E-state index contributed by atoms with van der Waals surface area (Å²) in [6.07, 6.45) is 1.64. The molecule has 0 aromatic rings. The average Bonchev–Trinajstić information content (AvgIpc) is 2.14. The standard InChI is InChI=1S/C11H24N2O2/c1-5-7-15-9(3)8-11(4,10(12)14)13-6-2/h9,13H,5-8H2,1-4H3,(H2,12,14). The third-order valence-electron chi connectivity index (χ3n) is 2.41. The Kier molecular flexibility index (Phi) is 6.52. The van der Waals surface area contributed by atoms with Gasteiger partial charge >= 0.3 is 0 Å². The third-order valence-corrected chi connectivity index (χ3v) is 2.41. The Morgan fingerprint density at radius 2 is 2.13 bits per heavy atom. The average molecular weight is 216 g/mol. The van der Waals surface area contributed by atoms with Gasteiger partial charge in [0.1, 0.15) is 0 Å². The number of nitrogens with two attached hydrogens (primary N) is 1. The van der Waals surface area contributed by atoms with Crippen LogP contribution >= 0.6 is 0 Å². The molecular formula is C11H24N2O2. The van der Waals surface area contributed by atoms with Gasteiger partial charge in [-0.15, -0.1) is 0 Å². The summed E-state index contributed by atoms with van der Waals surface area (Å²) in [5, 5.41) is 3.11. The van der Waals surface area contributed by atoms with Gasteiger partial charge in [-0.1, -0.05) is 13.8 Å². The number of likely N-dealkylation sites (N-methyl/N-ethyl adjacent to an activating group) is 1. The molecule has 0 aliphatic rings. The largest absolute Gasteiger partial charge is 0.378 e. The van der Waals surface area contributed by atoms with E-state index in [1.165, 1.54) is 0 Å². The molecule has 2 atom stereocenters. The monoisotopic (exact) mass is 216 g/mol. The highest BCUT2D eigenvalue weighted by atomic mass is 16.5. The van der Waals surface area contributed by atoms with E-state index < -0.39 is 5.54 Å². The van der Waals surface area contributed by atoms with Gasteiger partial charge in [0.2, 0.25) is 5.91 Å². The Bertz CT molecular complexity index is 197. The van der Waals surface area contributed by atoms with E-state index in [4.69, 9.17) is 10.5 Å². The van der Waals surface area contributed by atoms with Crippen molar-refractivity contribution < 1.29 is 9.53 Å². The topological polar surface area (TPSA) is 64.3 Å². The minimum atomic E-state index is -0.665. The number of nitrogens with one attached hydrogen (secondary N) is 1. The summed E-state index contributed by atoms with van der Waals surface area (Å²) in [5.74, 6) is -0.323. The van der Waals surface area contributed by atoms with E-state index in [-0.39, 0.29) is 12.0 Å². The molecule has 1 amide bonds. The molecule has 0 spiro atoms. The lowest BCUT2D eigenvalue weighted by Crippen LogP contribution is -2.54. The lowest BCUT2D eigenvalue weighted by Gasteiger charge is -2.29. The smallest absolute Gasteiger partial charge is 0.237 e. The second-order valence-electron chi connectivity index (χ2n) is 4.11. The lowest BCUT2D eigenvalue weighted by atomic mass is 9.94. The Morgan fingerprint density at radius 3 is 2.53 bits per heavy atom. The molecule has 0 saturated heterocycles. The number of ether oxygens (including phenoxy) is 1. The number of carbonyl (C=O) groups is 1. The molecule has 0 aromatic carbocycles. The summed E-state index contributed by atoms with van der Waals surface area (Å²) in [6, 6.07) is 0. The normalized spacial score (nSPS) is 17.1. The molecule has 0 fully saturated rings. The number of carbonyl (C=O) groups excluding carboxylic acids is 1. The van der Waals surface area contributed by atoms with Gasteiger partial charge < -0.3 is 15.8 Å². The van der Waals surface area contributed by atoms with Crippen molar-refractivity contribution in [1.82, 2.24) is 5.32 Å². The van der Waals surface area contributed by atoms with Gasteiger partial charge in [0.15, 0.2) is 0 Å². The van der Waals surface area contributed by atoms with Crippen LogP contribution in [0, 0.1) is 0 Å². The van der Waals surface area contributed by atoms with Crippen molar-refractivity contribution >= 4 is 5.91 Å². The van der Waals surface area contributed by atoms with E-state index in [1.54, 1.807) is 0 Å². The molecule has 0 aliphatic heterocycles. The van der Waals surface area contributed by atoms with E-state index in [1.807, 2.05) is 20.8 Å². The molecule has 15 heavy (non-hydrogen) atoms. The van der Waals surface area contributed by atoms with Crippen LogP contribution in [-0.4, -0.2) is 30.7 Å². The van der Waals surface area contributed by atoms with Crippen LogP contribution < -0.4 is 11.1 Å². The predicted molar refractivity (Wildman–Crippen MR) is 61.6 cm³/mol. The molecule has 4 nitrogen and oxygen atoms in total. The van der Waals surface area contributed by atoms with Gasteiger partial charge in [0, 0.05) is 13.0 Å². The first-order valence-corrected chi connectivity index (χ1v) is 5.62. The highest BCUT2D eigenvalue weighted by Crippen LogP contribution is 2.14. The van der Waals surface area contributed by atoms with Gasteiger partial charge in [0.05, 0.1) is 11.6 Å². The van der Waals surface area contributed by atoms with Crippen molar-refractivity contribution in [2.45, 2.75) is 52.2 Å². The third kappa shape index (κ3) is 5.14. The van der Waals surface area contributed by atoms with Crippen LogP contribution in [0.5, 0.6) is 0 Å². The molecule has 2 unspecified atom stereocenters. The zero-order chi connectivity index (χ0) is 11.9. The van der Waals surface area contributed by atoms with Gasteiger partial charge in [-0.05, 0) is 26.8 Å². The summed E-state index contributed by atoms with van der Waals surface area (Å²) >= 11 is 0. The summed E-state index contributed by atoms with van der Waals surface area (Å²) in [6.45, 7) is 9.25. The van der Waals surface area contributed by atoms with E-state index >= 15 is 0 Å². The zero-order valence-electron chi connectivity index (χ0n) is 10.3. The number of rotatable bonds is 8. The minimum Gasteiger partial charge on any atom is -0.378 e. The quantitative estimate of drug-likeness (QED) is 0.637. The summed E-state index contributed by atoms with van der Waals surface area (Å²) in [7, 11) is 0. The SMILES string of the molecule is CCCOC(C)CC(C)(NCC)C(N)=O. The molecule has 4 heteroatoms. The van der Waals surface area contributed by atoms with Gasteiger partial charge in [-0.2, -0.15) is 0 Å². The Balaban J connectivity index is 4.21. The van der Waals surface area contributed by atoms with Crippen molar-refractivity contribution in [2.24, 2.45) is 5.73 Å². The van der Waals surface area contributed by atoms with Crippen LogP contribution in [0.4, 0.5) is 0 Å². The molecule has 3 N–H and O–H groups in total. The van der Waals surface area contributed by atoms with Crippen molar-refractivity contribution in [3.05, 3.63) is 0 Å². The molecular weight excluding hydrogens is 192 g/mol. The molecule has 0 bridgehead atoms. The maximum atomic E-state index is 11.3. The summed E-state index contributed by atoms with van der Waals surface area (Å²) < 4.78 is 5.54.